The summed E-state index contributed by atoms with van der Waals surface area (Å²) in [6.45, 7) is 0. The Morgan fingerprint density at radius 2 is 1.91 bits per heavy atom. The van der Waals surface area contributed by atoms with E-state index in [1.165, 1.54) is 7.11 Å². The van der Waals surface area contributed by atoms with Crippen molar-refractivity contribution in [1.29, 1.82) is 0 Å². The molecule has 6 heteroatoms. The number of hydrogen-bond acceptors (Lipinski definition) is 3. The van der Waals surface area contributed by atoms with Crippen LogP contribution in [0.2, 0.25) is 10.6 Å². The number of rotatable bonds is 5. The van der Waals surface area contributed by atoms with Crippen LogP contribution < -0.4 is 0 Å². The van der Waals surface area contributed by atoms with Crippen LogP contribution in [0.4, 0.5) is 0 Å². The summed E-state index contributed by atoms with van der Waals surface area (Å²) in [6.07, 6.45) is 0. The molecule has 0 aliphatic heterocycles. The Hall–Kier alpha value is -0.0210. The molecule has 0 heterocycles. The Morgan fingerprint density at radius 1 is 1.36 bits per heavy atom. The minimum atomic E-state index is -0.781. The van der Waals surface area contributed by atoms with Crippen molar-refractivity contribution in [3.05, 3.63) is 0 Å². The zero-order valence-electron chi connectivity index (χ0n) is 5.90. The van der Waals surface area contributed by atoms with Gasteiger partial charge in [0.05, 0.1) is 0 Å². The van der Waals surface area contributed by atoms with Crippen LogP contribution in [0.25, 0.3) is 0 Å². The van der Waals surface area contributed by atoms with Crippen LogP contribution >= 0.6 is 0 Å². The maximum absolute atomic E-state index is 10.5. The van der Waals surface area contributed by atoms with E-state index in [-0.39, 0.29) is 37.6 Å². The molecule has 0 saturated carbocycles. The van der Waals surface area contributed by atoms with E-state index in [1.807, 2.05) is 0 Å². The molecule has 0 saturated heterocycles. The van der Waals surface area contributed by atoms with E-state index < -0.39 is 5.97 Å². The second-order valence-electron chi connectivity index (χ2n) is 1.49. The molecule has 0 spiro atoms. The van der Waals surface area contributed by atoms with Crippen molar-refractivity contribution >= 4 is 38.2 Å². The van der Waals surface area contributed by atoms with Crippen LogP contribution in [0.1, 0.15) is 0 Å². The molecule has 0 aliphatic rings. The Labute approximate surface area is 75.5 Å². The quantitative estimate of drug-likeness (QED) is 0.417. The van der Waals surface area contributed by atoms with Gasteiger partial charge >= 0.3 is 75.4 Å². The molecule has 11 heavy (non-hydrogen) atoms. The molecule has 0 rings (SSSR count). The predicted octanol–water partition coefficient (Wildman–Crippen LogP) is -0.596. The van der Waals surface area contributed by atoms with Crippen LogP contribution in [-0.4, -0.2) is 50.4 Å². The number of ether oxygens (including phenoxy) is 1. The summed E-state index contributed by atoms with van der Waals surface area (Å²) in [6, 6.07) is 0. The van der Waals surface area contributed by atoms with Gasteiger partial charge in [-0.15, -0.1) is 0 Å². The Morgan fingerprint density at radius 3 is 2.36 bits per heavy atom. The Kier molecular flexibility index (Phi) is 6.66. The molecule has 0 bridgehead atoms. The molecule has 0 unspecified atom stereocenters. The van der Waals surface area contributed by atoms with Gasteiger partial charge in [0.2, 0.25) is 0 Å². The van der Waals surface area contributed by atoms with E-state index in [0.29, 0.717) is 5.32 Å². The van der Waals surface area contributed by atoms with Crippen molar-refractivity contribution in [2.45, 2.75) is 10.6 Å². The summed E-state index contributed by atoms with van der Waals surface area (Å²) < 4.78 is 4.40. The number of esters is 1. The number of methoxy groups -OCH3 is 1. The Bertz CT molecular complexity index is 147. The second-order valence-corrected chi connectivity index (χ2v) is 8.83. The number of aliphatic carboxylic acids is 1. The van der Waals surface area contributed by atoms with Gasteiger partial charge in [0.25, 0.3) is 0 Å². The van der Waals surface area contributed by atoms with Crippen molar-refractivity contribution in [2.24, 2.45) is 0 Å². The molecule has 0 aromatic heterocycles. The molecule has 0 aromatic rings. The Balaban J connectivity index is 3.14. The average Bonchev–Trinajstić information content (AvgIpc) is 1.97. The zero-order chi connectivity index (χ0) is 8.69. The molecule has 0 aromatic carbocycles. The van der Waals surface area contributed by atoms with Crippen LogP contribution in [0.3, 0.4) is 0 Å². The third-order valence-electron chi connectivity index (χ3n) is 0.670. The van der Waals surface area contributed by atoms with E-state index in [4.69, 9.17) is 5.11 Å². The topological polar surface area (TPSA) is 63.6 Å². The molecule has 4 nitrogen and oxygen atoms in total. The molecule has 0 fully saturated rings. The van der Waals surface area contributed by atoms with Gasteiger partial charge in [0.1, 0.15) is 0 Å². The van der Waals surface area contributed by atoms with Gasteiger partial charge in [-0.05, 0) is 0 Å². The van der Waals surface area contributed by atoms with Gasteiger partial charge in [-0.1, -0.05) is 0 Å². The SMILES string of the molecule is COC(=O)C[Se][Se]CC(=O)O. The first kappa shape index (κ1) is 11.0. The third kappa shape index (κ3) is 7.88. The number of carbonyl (C=O) groups excluding carboxylic acids is 1. The standard InChI is InChI=1S/C5H8O4Se2/c1-9-5(8)3-11-10-2-4(6)7/h2-3H2,1H3,(H,6,7). The van der Waals surface area contributed by atoms with Crippen molar-refractivity contribution in [2.75, 3.05) is 7.11 Å². The normalized spacial score (nSPS) is 9.18. The van der Waals surface area contributed by atoms with Gasteiger partial charge in [-0.25, -0.2) is 0 Å². The summed E-state index contributed by atoms with van der Waals surface area (Å²) in [5.41, 5.74) is 0. The van der Waals surface area contributed by atoms with Gasteiger partial charge in [0.15, 0.2) is 0 Å². The van der Waals surface area contributed by atoms with Gasteiger partial charge in [0, 0.05) is 0 Å². The molecular formula is C5H8O4Se2. The fraction of sp³-hybridized carbons (Fsp3) is 0.600. The first-order valence-electron chi connectivity index (χ1n) is 2.70. The molecule has 0 radical (unpaired) electrons. The number of carbonyl (C=O) groups is 2. The summed E-state index contributed by atoms with van der Waals surface area (Å²) in [5, 5.41) is 8.86. The van der Waals surface area contributed by atoms with Crippen LogP contribution in [0, 0.1) is 0 Å². The fourth-order valence-electron chi connectivity index (χ4n) is 0.241. The zero-order valence-corrected chi connectivity index (χ0v) is 9.33. The van der Waals surface area contributed by atoms with Crippen LogP contribution in [-0.2, 0) is 14.3 Å². The fourth-order valence-corrected chi connectivity index (χ4v) is 5.22. The number of hydrogen-bond donors (Lipinski definition) is 1. The minimum absolute atomic E-state index is 0.0903. The summed E-state index contributed by atoms with van der Waals surface area (Å²) in [7, 11) is 1.34. The van der Waals surface area contributed by atoms with Gasteiger partial charge in [-0.2, -0.15) is 0 Å². The number of carboxylic acid groups (broad SMARTS) is 1. The third-order valence-corrected chi connectivity index (χ3v) is 6.91. The molecule has 1 N–H and O–H groups in total. The predicted molar refractivity (Wildman–Crippen MR) is 40.8 cm³/mol. The first-order chi connectivity index (χ1) is 5.16. The molecular weight excluding hydrogens is 282 g/mol. The molecule has 0 atom stereocenters. The van der Waals surface area contributed by atoms with Crippen LogP contribution in [0.15, 0.2) is 0 Å². The van der Waals surface area contributed by atoms with Crippen LogP contribution in [0.5, 0.6) is 0 Å². The van der Waals surface area contributed by atoms with E-state index in [1.54, 1.807) is 0 Å². The van der Waals surface area contributed by atoms with E-state index in [0.717, 1.165) is 0 Å². The van der Waals surface area contributed by atoms with E-state index >= 15 is 0 Å². The number of carboxylic acids is 1. The maximum atomic E-state index is 10.5. The molecule has 64 valence electrons. The monoisotopic (exact) mass is 292 g/mol. The van der Waals surface area contributed by atoms with Gasteiger partial charge in [-0.3, -0.25) is 0 Å². The van der Waals surface area contributed by atoms with Crippen molar-refractivity contribution in [3.8, 4) is 0 Å². The van der Waals surface area contributed by atoms with Crippen molar-refractivity contribution < 1.29 is 19.4 Å². The van der Waals surface area contributed by atoms with E-state index in [2.05, 4.69) is 4.74 Å². The second kappa shape index (κ2) is 6.67. The molecule has 0 aliphatic carbocycles. The van der Waals surface area contributed by atoms with Crippen molar-refractivity contribution in [1.82, 2.24) is 0 Å². The van der Waals surface area contributed by atoms with Crippen molar-refractivity contribution in [3.63, 3.8) is 0 Å². The van der Waals surface area contributed by atoms with Gasteiger partial charge < -0.3 is 0 Å². The summed E-state index contributed by atoms with van der Waals surface area (Å²) >= 11 is 0.228. The molecule has 0 amide bonds. The first-order valence-corrected chi connectivity index (χ1v) is 9.45. The summed E-state index contributed by atoms with van der Waals surface area (Å²) in [5.74, 6) is -1.02. The summed E-state index contributed by atoms with van der Waals surface area (Å²) in [4.78, 5) is 20.5. The van der Waals surface area contributed by atoms with E-state index in [9.17, 15) is 9.59 Å². The average molecular weight is 290 g/mol.